The number of rotatable bonds is 2. The van der Waals surface area contributed by atoms with E-state index in [1.54, 1.807) is 12.1 Å². The molecule has 0 saturated heterocycles. The largest absolute Gasteiger partial charge is 0.387 e. The van der Waals surface area contributed by atoms with Crippen molar-refractivity contribution in [1.82, 2.24) is 0 Å². The molecule has 0 spiro atoms. The fourth-order valence-electron chi connectivity index (χ4n) is 1.02. The van der Waals surface area contributed by atoms with Crippen LogP contribution in [0.25, 0.3) is 0 Å². The predicted molar refractivity (Wildman–Crippen MR) is 68.6 cm³/mol. The lowest BCUT2D eigenvalue weighted by molar-refractivity contribution is 0.585. The fraction of sp³-hybridized carbons (Fsp3) is 0.364. The summed E-state index contributed by atoms with van der Waals surface area (Å²) in [5.74, 6) is 0.487. The number of amidine groups is 1. The van der Waals surface area contributed by atoms with Crippen LogP contribution in [0.5, 0.6) is 0 Å². The normalized spacial score (nSPS) is 13.8. The highest BCUT2D eigenvalue weighted by molar-refractivity contribution is 7.89. The van der Waals surface area contributed by atoms with Crippen molar-refractivity contribution >= 4 is 21.5 Å². The first kappa shape index (κ1) is 13.7. The summed E-state index contributed by atoms with van der Waals surface area (Å²) in [6.45, 7) is 5.85. The highest BCUT2D eigenvalue weighted by Gasteiger charge is 2.15. The Morgan fingerprint density at radius 1 is 1.18 bits per heavy atom. The Labute approximate surface area is 102 Å². The molecule has 0 unspecified atom stereocenters. The fourth-order valence-corrected chi connectivity index (χ4v) is 1.53. The van der Waals surface area contributed by atoms with E-state index in [0.717, 1.165) is 0 Å². The first-order valence-electron chi connectivity index (χ1n) is 5.08. The van der Waals surface area contributed by atoms with Crippen molar-refractivity contribution in [2.75, 3.05) is 0 Å². The molecular weight excluding hydrogens is 238 g/mol. The van der Waals surface area contributed by atoms with Crippen LogP contribution in [0.4, 0.5) is 5.69 Å². The first-order chi connectivity index (χ1) is 7.60. The quantitative estimate of drug-likeness (QED) is 0.616. The SMILES string of the molecule is CC(C)(C)C(N)=Nc1ccc(S(N)(=O)=O)cc1. The minimum Gasteiger partial charge on any atom is -0.387 e. The topological polar surface area (TPSA) is 98.5 Å². The van der Waals surface area contributed by atoms with Crippen LogP contribution in [0.2, 0.25) is 0 Å². The molecule has 94 valence electrons. The third-order valence-electron chi connectivity index (χ3n) is 2.18. The van der Waals surface area contributed by atoms with E-state index in [1.165, 1.54) is 12.1 Å². The Bertz CT molecular complexity index is 525. The van der Waals surface area contributed by atoms with Crippen molar-refractivity contribution in [3.63, 3.8) is 0 Å². The van der Waals surface area contributed by atoms with Crippen molar-refractivity contribution in [1.29, 1.82) is 0 Å². The van der Waals surface area contributed by atoms with Gasteiger partial charge in [-0.05, 0) is 24.3 Å². The standard InChI is InChI=1S/C11H17N3O2S/c1-11(2,3)10(12)14-8-4-6-9(7-5-8)17(13,15)16/h4-7H,1-3H3,(H2,12,14)(H2,13,15,16). The molecule has 4 N–H and O–H groups in total. The van der Waals surface area contributed by atoms with Crippen LogP contribution in [-0.4, -0.2) is 14.3 Å². The Morgan fingerprint density at radius 3 is 2.00 bits per heavy atom. The zero-order valence-electron chi connectivity index (χ0n) is 10.1. The maximum atomic E-state index is 11.0. The summed E-state index contributed by atoms with van der Waals surface area (Å²) in [5, 5.41) is 4.99. The Morgan fingerprint density at radius 2 is 1.65 bits per heavy atom. The third-order valence-corrected chi connectivity index (χ3v) is 3.11. The van der Waals surface area contributed by atoms with E-state index in [0.29, 0.717) is 11.5 Å². The molecular formula is C11H17N3O2S. The number of primary sulfonamides is 1. The number of sulfonamides is 1. The van der Waals surface area contributed by atoms with Gasteiger partial charge < -0.3 is 5.73 Å². The third kappa shape index (κ3) is 3.83. The molecule has 0 aliphatic carbocycles. The molecule has 0 amide bonds. The van der Waals surface area contributed by atoms with Gasteiger partial charge in [0.15, 0.2) is 0 Å². The van der Waals surface area contributed by atoms with Gasteiger partial charge in [0.1, 0.15) is 5.84 Å². The second kappa shape index (κ2) is 4.46. The van der Waals surface area contributed by atoms with Crippen LogP contribution >= 0.6 is 0 Å². The number of nitrogens with zero attached hydrogens (tertiary/aromatic N) is 1. The number of nitrogens with two attached hydrogens (primary N) is 2. The van der Waals surface area contributed by atoms with Gasteiger partial charge in [-0.1, -0.05) is 20.8 Å². The average Bonchev–Trinajstić information content (AvgIpc) is 2.15. The molecule has 1 rings (SSSR count). The molecule has 0 radical (unpaired) electrons. The summed E-state index contributed by atoms with van der Waals surface area (Å²) in [6.07, 6.45) is 0. The van der Waals surface area contributed by atoms with Crippen LogP contribution < -0.4 is 10.9 Å². The van der Waals surface area contributed by atoms with Crippen molar-refractivity contribution in [3.8, 4) is 0 Å². The van der Waals surface area contributed by atoms with Crippen LogP contribution in [-0.2, 0) is 10.0 Å². The lowest BCUT2D eigenvalue weighted by Crippen LogP contribution is -2.28. The molecule has 0 aliphatic rings. The molecule has 0 aliphatic heterocycles. The van der Waals surface area contributed by atoms with Gasteiger partial charge in [-0.15, -0.1) is 0 Å². The summed E-state index contributed by atoms with van der Waals surface area (Å²) in [5.41, 5.74) is 6.19. The zero-order chi connectivity index (χ0) is 13.3. The second-order valence-electron chi connectivity index (χ2n) is 4.79. The van der Waals surface area contributed by atoms with Gasteiger partial charge in [0.25, 0.3) is 0 Å². The van der Waals surface area contributed by atoms with Gasteiger partial charge in [0.05, 0.1) is 10.6 Å². The lowest BCUT2D eigenvalue weighted by atomic mass is 9.95. The number of hydrogen-bond donors (Lipinski definition) is 2. The predicted octanol–water partition coefficient (Wildman–Crippen LogP) is 1.37. The van der Waals surface area contributed by atoms with Crippen molar-refractivity contribution < 1.29 is 8.42 Å². The summed E-state index contributed by atoms with van der Waals surface area (Å²) < 4.78 is 22.1. The minimum absolute atomic E-state index is 0.0609. The summed E-state index contributed by atoms with van der Waals surface area (Å²) in [6, 6.07) is 5.95. The average molecular weight is 255 g/mol. The van der Waals surface area contributed by atoms with E-state index >= 15 is 0 Å². The molecule has 6 heteroatoms. The molecule has 0 atom stereocenters. The van der Waals surface area contributed by atoms with Gasteiger partial charge in [-0.3, -0.25) is 0 Å². The number of aliphatic imine (C=N–C) groups is 1. The highest BCUT2D eigenvalue weighted by atomic mass is 32.2. The van der Waals surface area contributed by atoms with Crippen LogP contribution in [0.15, 0.2) is 34.2 Å². The number of hydrogen-bond acceptors (Lipinski definition) is 3. The smallest absolute Gasteiger partial charge is 0.238 e. The summed E-state index contributed by atoms with van der Waals surface area (Å²) in [7, 11) is -3.66. The maximum Gasteiger partial charge on any atom is 0.238 e. The Kier molecular flexibility index (Phi) is 3.59. The molecule has 17 heavy (non-hydrogen) atoms. The first-order valence-corrected chi connectivity index (χ1v) is 6.63. The van der Waals surface area contributed by atoms with Gasteiger partial charge >= 0.3 is 0 Å². The Balaban J connectivity index is 3.06. The monoisotopic (exact) mass is 255 g/mol. The molecule has 0 bridgehead atoms. The Hall–Kier alpha value is -1.40. The second-order valence-corrected chi connectivity index (χ2v) is 6.35. The summed E-state index contributed by atoms with van der Waals surface area (Å²) >= 11 is 0. The van der Waals surface area contributed by atoms with E-state index in [4.69, 9.17) is 10.9 Å². The van der Waals surface area contributed by atoms with Crippen molar-refractivity contribution in [2.45, 2.75) is 25.7 Å². The van der Waals surface area contributed by atoms with E-state index in [1.807, 2.05) is 20.8 Å². The van der Waals surface area contributed by atoms with E-state index in [2.05, 4.69) is 4.99 Å². The van der Waals surface area contributed by atoms with E-state index in [-0.39, 0.29) is 10.3 Å². The highest BCUT2D eigenvalue weighted by Crippen LogP contribution is 2.19. The summed E-state index contributed by atoms with van der Waals surface area (Å²) in [4.78, 5) is 4.27. The van der Waals surface area contributed by atoms with E-state index < -0.39 is 10.0 Å². The minimum atomic E-state index is -3.66. The molecule has 1 aromatic rings. The molecule has 1 aromatic carbocycles. The van der Waals surface area contributed by atoms with Crippen LogP contribution in [0.3, 0.4) is 0 Å². The molecule has 0 aromatic heterocycles. The zero-order valence-corrected chi connectivity index (χ0v) is 11.0. The van der Waals surface area contributed by atoms with Crippen molar-refractivity contribution in [2.24, 2.45) is 21.3 Å². The van der Waals surface area contributed by atoms with Gasteiger partial charge in [-0.2, -0.15) is 0 Å². The van der Waals surface area contributed by atoms with Gasteiger partial charge in [0, 0.05) is 5.41 Å². The van der Waals surface area contributed by atoms with Crippen LogP contribution in [0, 0.1) is 5.41 Å². The maximum absolute atomic E-state index is 11.0. The lowest BCUT2D eigenvalue weighted by Gasteiger charge is -2.17. The van der Waals surface area contributed by atoms with Gasteiger partial charge in [0.2, 0.25) is 10.0 Å². The number of benzene rings is 1. The molecule has 0 saturated carbocycles. The van der Waals surface area contributed by atoms with Crippen molar-refractivity contribution in [3.05, 3.63) is 24.3 Å². The molecule has 0 fully saturated rings. The van der Waals surface area contributed by atoms with E-state index in [9.17, 15) is 8.42 Å². The van der Waals surface area contributed by atoms with Gasteiger partial charge in [-0.25, -0.2) is 18.5 Å². The molecule has 5 nitrogen and oxygen atoms in total. The van der Waals surface area contributed by atoms with Crippen LogP contribution in [0.1, 0.15) is 20.8 Å². The molecule has 0 heterocycles.